The number of hydrogen-bond donors (Lipinski definition) is 0. The van der Waals surface area contributed by atoms with Gasteiger partial charge in [0.05, 0.1) is 25.3 Å². The van der Waals surface area contributed by atoms with E-state index in [4.69, 9.17) is 9.47 Å². The Morgan fingerprint density at radius 1 is 1.53 bits per heavy atom. The Balaban J connectivity index is 2.09. The smallest absolute Gasteiger partial charge is 0.166 e. The standard InChI is InChI=1S/C14H17NO2/c1-4-12-14(2)10(8-15-12)9-6-5-7-11(16-3)13(9)17-14/h5-7,10H,4,8H2,1-3H3/t10-,14+/m0/s1. The van der Waals surface area contributed by atoms with Crippen LogP contribution in [0.5, 0.6) is 11.5 Å². The maximum absolute atomic E-state index is 6.19. The fourth-order valence-corrected chi connectivity index (χ4v) is 3.01. The number of benzene rings is 1. The minimum atomic E-state index is -0.258. The van der Waals surface area contributed by atoms with E-state index in [9.17, 15) is 0 Å². The lowest BCUT2D eigenvalue weighted by atomic mass is 9.84. The molecule has 0 unspecified atom stereocenters. The van der Waals surface area contributed by atoms with Crippen LogP contribution in [0.2, 0.25) is 0 Å². The van der Waals surface area contributed by atoms with Gasteiger partial charge in [-0.2, -0.15) is 0 Å². The molecule has 2 atom stereocenters. The molecule has 0 amide bonds. The van der Waals surface area contributed by atoms with Crippen LogP contribution >= 0.6 is 0 Å². The Labute approximate surface area is 101 Å². The van der Waals surface area contributed by atoms with E-state index >= 15 is 0 Å². The first-order chi connectivity index (χ1) is 8.20. The van der Waals surface area contributed by atoms with Crippen molar-refractivity contribution in [3.63, 3.8) is 0 Å². The maximum Gasteiger partial charge on any atom is 0.166 e. The lowest BCUT2D eigenvalue weighted by molar-refractivity contribution is 0.168. The molecule has 1 aromatic carbocycles. The van der Waals surface area contributed by atoms with Crippen molar-refractivity contribution in [2.24, 2.45) is 4.99 Å². The highest BCUT2D eigenvalue weighted by Crippen LogP contribution is 2.52. The van der Waals surface area contributed by atoms with E-state index in [2.05, 4.69) is 24.9 Å². The molecule has 0 aromatic heterocycles. The molecule has 0 spiro atoms. The molecule has 3 rings (SSSR count). The van der Waals surface area contributed by atoms with Gasteiger partial charge in [-0.3, -0.25) is 4.99 Å². The van der Waals surface area contributed by atoms with Crippen molar-refractivity contribution in [3.8, 4) is 11.5 Å². The summed E-state index contributed by atoms with van der Waals surface area (Å²) in [5.41, 5.74) is 2.14. The zero-order chi connectivity index (χ0) is 12.0. The predicted octanol–water partition coefficient (Wildman–Crippen LogP) is 2.79. The molecule has 0 bridgehead atoms. The van der Waals surface area contributed by atoms with E-state index in [0.29, 0.717) is 5.92 Å². The number of rotatable bonds is 2. The molecule has 0 N–H and O–H groups in total. The van der Waals surface area contributed by atoms with Crippen LogP contribution in [0.1, 0.15) is 31.7 Å². The summed E-state index contributed by atoms with van der Waals surface area (Å²) in [6.45, 7) is 5.11. The zero-order valence-electron chi connectivity index (χ0n) is 10.5. The van der Waals surface area contributed by atoms with E-state index in [1.165, 1.54) is 11.3 Å². The number of hydrogen-bond acceptors (Lipinski definition) is 3. The molecule has 1 aromatic rings. The van der Waals surface area contributed by atoms with E-state index in [0.717, 1.165) is 24.5 Å². The first kappa shape index (κ1) is 10.6. The van der Waals surface area contributed by atoms with Crippen LogP contribution in [0, 0.1) is 0 Å². The van der Waals surface area contributed by atoms with Gasteiger partial charge in [0.25, 0.3) is 0 Å². The molecule has 0 saturated carbocycles. The fourth-order valence-electron chi connectivity index (χ4n) is 3.01. The van der Waals surface area contributed by atoms with Crippen LogP contribution in [0.25, 0.3) is 0 Å². The second-order valence-electron chi connectivity index (χ2n) is 4.78. The Morgan fingerprint density at radius 2 is 2.35 bits per heavy atom. The third-order valence-corrected chi connectivity index (χ3v) is 3.96. The molecular weight excluding hydrogens is 214 g/mol. The zero-order valence-corrected chi connectivity index (χ0v) is 10.5. The molecule has 2 aliphatic heterocycles. The van der Waals surface area contributed by atoms with Gasteiger partial charge in [0.1, 0.15) is 0 Å². The van der Waals surface area contributed by atoms with Crippen molar-refractivity contribution < 1.29 is 9.47 Å². The third-order valence-electron chi connectivity index (χ3n) is 3.96. The van der Waals surface area contributed by atoms with Crippen molar-refractivity contribution in [2.45, 2.75) is 31.8 Å². The Hall–Kier alpha value is -1.51. The van der Waals surface area contributed by atoms with E-state index in [1.807, 2.05) is 12.1 Å². The van der Waals surface area contributed by atoms with Gasteiger partial charge in [-0.15, -0.1) is 0 Å². The van der Waals surface area contributed by atoms with Crippen LogP contribution in [0.3, 0.4) is 0 Å². The molecule has 0 saturated heterocycles. The summed E-state index contributed by atoms with van der Waals surface area (Å²) >= 11 is 0. The average Bonchev–Trinajstić information content (AvgIpc) is 2.79. The molecule has 2 aliphatic rings. The molecular formula is C14H17NO2. The summed E-state index contributed by atoms with van der Waals surface area (Å²) in [5.74, 6) is 2.08. The number of ether oxygens (including phenoxy) is 2. The second-order valence-corrected chi connectivity index (χ2v) is 4.78. The Kier molecular flexibility index (Phi) is 2.18. The number of nitrogens with zero attached hydrogens (tertiary/aromatic N) is 1. The minimum absolute atomic E-state index is 0.258. The van der Waals surface area contributed by atoms with Crippen molar-refractivity contribution in [1.29, 1.82) is 0 Å². The summed E-state index contributed by atoms with van der Waals surface area (Å²) in [6.07, 6.45) is 0.948. The highest BCUT2D eigenvalue weighted by Gasteiger charge is 2.51. The Morgan fingerprint density at radius 3 is 3.06 bits per heavy atom. The normalized spacial score (nSPS) is 29.4. The van der Waals surface area contributed by atoms with Gasteiger partial charge < -0.3 is 9.47 Å². The van der Waals surface area contributed by atoms with Gasteiger partial charge in [-0.1, -0.05) is 19.1 Å². The molecule has 0 aliphatic carbocycles. The van der Waals surface area contributed by atoms with Crippen molar-refractivity contribution in [3.05, 3.63) is 23.8 Å². The fraction of sp³-hybridized carbons (Fsp3) is 0.500. The molecule has 2 heterocycles. The minimum Gasteiger partial charge on any atom is -0.493 e. The summed E-state index contributed by atoms with van der Waals surface area (Å²) in [6, 6.07) is 6.10. The highest BCUT2D eigenvalue weighted by atomic mass is 16.5. The van der Waals surface area contributed by atoms with Crippen LogP contribution in [-0.2, 0) is 0 Å². The topological polar surface area (TPSA) is 30.8 Å². The summed E-state index contributed by atoms with van der Waals surface area (Å²) < 4.78 is 11.6. The van der Waals surface area contributed by atoms with Crippen LogP contribution in [0.4, 0.5) is 0 Å². The van der Waals surface area contributed by atoms with Gasteiger partial charge in [0, 0.05) is 5.56 Å². The number of para-hydroxylation sites is 1. The lowest BCUT2D eigenvalue weighted by Crippen LogP contribution is -2.39. The highest BCUT2D eigenvalue weighted by molar-refractivity contribution is 5.96. The predicted molar refractivity (Wildman–Crippen MR) is 67.4 cm³/mol. The first-order valence-corrected chi connectivity index (χ1v) is 6.10. The molecule has 0 radical (unpaired) electrons. The van der Waals surface area contributed by atoms with Crippen molar-refractivity contribution >= 4 is 5.71 Å². The van der Waals surface area contributed by atoms with Crippen LogP contribution in [0.15, 0.2) is 23.2 Å². The van der Waals surface area contributed by atoms with Gasteiger partial charge in [-0.25, -0.2) is 0 Å². The second kappa shape index (κ2) is 3.49. The van der Waals surface area contributed by atoms with E-state index < -0.39 is 0 Å². The average molecular weight is 231 g/mol. The van der Waals surface area contributed by atoms with Crippen LogP contribution in [-0.4, -0.2) is 25.0 Å². The van der Waals surface area contributed by atoms with E-state index in [1.54, 1.807) is 7.11 Å². The molecule has 0 fully saturated rings. The molecule has 3 heteroatoms. The van der Waals surface area contributed by atoms with E-state index in [-0.39, 0.29) is 5.60 Å². The van der Waals surface area contributed by atoms with Gasteiger partial charge in [0.2, 0.25) is 0 Å². The van der Waals surface area contributed by atoms with Gasteiger partial charge in [0.15, 0.2) is 17.1 Å². The van der Waals surface area contributed by atoms with Gasteiger partial charge in [-0.05, 0) is 19.4 Å². The van der Waals surface area contributed by atoms with Gasteiger partial charge >= 0.3 is 0 Å². The molecule has 90 valence electrons. The first-order valence-electron chi connectivity index (χ1n) is 6.10. The third kappa shape index (κ3) is 1.25. The van der Waals surface area contributed by atoms with Crippen molar-refractivity contribution in [1.82, 2.24) is 0 Å². The molecule has 17 heavy (non-hydrogen) atoms. The van der Waals surface area contributed by atoms with Crippen LogP contribution < -0.4 is 9.47 Å². The Bertz CT molecular complexity index is 495. The summed E-state index contributed by atoms with van der Waals surface area (Å²) in [7, 11) is 1.68. The lowest BCUT2D eigenvalue weighted by Gasteiger charge is -2.25. The number of methoxy groups -OCH3 is 1. The SMILES string of the molecule is CCC1=NC[C@H]2c3cccc(OC)c3O[C@@]12C. The van der Waals surface area contributed by atoms with Crippen molar-refractivity contribution in [2.75, 3.05) is 13.7 Å². The molecule has 3 nitrogen and oxygen atoms in total. The summed E-state index contributed by atoms with van der Waals surface area (Å²) in [5, 5.41) is 0. The number of aliphatic imine (C=N–C) groups is 1. The largest absolute Gasteiger partial charge is 0.493 e. The monoisotopic (exact) mass is 231 g/mol. The summed E-state index contributed by atoms with van der Waals surface area (Å²) in [4.78, 5) is 4.62. The maximum atomic E-state index is 6.19. The quantitative estimate of drug-likeness (QED) is 0.783. The number of fused-ring (bicyclic) bond motifs is 3.